The van der Waals surface area contributed by atoms with Gasteiger partial charge in [-0.05, 0) is 37.3 Å². The lowest BCUT2D eigenvalue weighted by Crippen LogP contribution is -2.53. The molecule has 1 aliphatic heterocycles. The van der Waals surface area contributed by atoms with E-state index in [1.807, 2.05) is 12.1 Å². The standard InChI is InChI=1S/C28H45N3O2/c1-29(28(32)24-13-7-4-8-14-24)25(21-23-11-5-3-6-12-23)22-30-17-19-31(20-18-30)26-15-9-10-16-27(26)33-2/h9-10,15-16,23-25H,3-8,11-14,17-22H2,1-2H3/t25-/m1/s1. The third kappa shape index (κ3) is 6.44. The largest absolute Gasteiger partial charge is 0.495 e. The fourth-order valence-electron chi connectivity index (χ4n) is 6.34. The minimum absolute atomic E-state index is 0.264. The van der Waals surface area contributed by atoms with Crippen molar-refractivity contribution in [3.8, 4) is 5.75 Å². The molecule has 5 nitrogen and oxygen atoms in total. The summed E-state index contributed by atoms with van der Waals surface area (Å²) in [5.41, 5.74) is 1.20. The molecule has 184 valence electrons. The number of anilines is 1. The molecule has 1 aromatic rings. The summed E-state index contributed by atoms with van der Waals surface area (Å²) in [7, 11) is 3.86. The maximum absolute atomic E-state index is 13.4. The van der Waals surface area contributed by atoms with Crippen LogP contribution in [0.15, 0.2) is 24.3 Å². The van der Waals surface area contributed by atoms with Crippen molar-refractivity contribution in [2.45, 2.75) is 76.7 Å². The molecule has 3 aliphatic rings. The fourth-order valence-corrected chi connectivity index (χ4v) is 6.34. The Morgan fingerprint density at radius 2 is 1.61 bits per heavy atom. The van der Waals surface area contributed by atoms with Crippen molar-refractivity contribution in [1.29, 1.82) is 0 Å². The summed E-state index contributed by atoms with van der Waals surface area (Å²) in [6, 6.07) is 8.69. The lowest BCUT2D eigenvalue weighted by molar-refractivity contribution is -0.138. The Balaban J connectivity index is 1.37. The molecule has 4 rings (SSSR count). The van der Waals surface area contributed by atoms with Gasteiger partial charge in [-0.1, -0.05) is 63.5 Å². The van der Waals surface area contributed by atoms with Crippen molar-refractivity contribution >= 4 is 11.6 Å². The van der Waals surface area contributed by atoms with E-state index >= 15 is 0 Å². The molecule has 0 radical (unpaired) electrons. The second-order valence-electron chi connectivity index (χ2n) is 10.6. The van der Waals surface area contributed by atoms with Gasteiger partial charge in [0.1, 0.15) is 5.75 Å². The second-order valence-corrected chi connectivity index (χ2v) is 10.6. The summed E-state index contributed by atoms with van der Waals surface area (Å²) in [5, 5.41) is 0. The molecule has 0 N–H and O–H groups in total. The van der Waals surface area contributed by atoms with Crippen LogP contribution < -0.4 is 9.64 Å². The average Bonchev–Trinajstić information content (AvgIpc) is 2.89. The number of methoxy groups -OCH3 is 1. The Morgan fingerprint density at radius 3 is 2.27 bits per heavy atom. The van der Waals surface area contributed by atoms with Gasteiger partial charge in [-0.3, -0.25) is 9.69 Å². The second kappa shape index (κ2) is 12.1. The number of carbonyl (C=O) groups is 1. The van der Waals surface area contributed by atoms with E-state index in [4.69, 9.17) is 4.74 Å². The normalized spacial score (nSPS) is 22.2. The molecule has 0 aromatic heterocycles. The quantitative estimate of drug-likeness (QED) is 0.540. The Morgan fingerprint density at radius 1 is 0.970 bits per heavy atom. The number of benzene rings is 1. The van der Waals surface area contributed by atoms with E-state index in [0.29, 0.717) is 11.9 Å². The summed E-state index contributed by atoms with van der Waals surface area (Å²) in [6.07, 6.45) is 14.0. The van der Waals surface area contributed by atoms with Gasteiger partial charge in [-0.15, -0.1) is 0 Å². The van der Waals surface area contributed by atoms with Crippen molar-refractivity contribution in [3.05, 3.63) is 24.3 Å². The van der Waals surface area contributed by atoms with Crippen LogP contribution in [0.1, 0.15) is 70.6 Å². The molecule has 1 heterocycles. The van der Waals surface area contributed by atoms with Gasteiger partial charge in [0, 0.05) is 51.7 Å². The predicted molar refractivity (Wildman–Crippen MR) is 136 cm³/mol. The van der Waals surface area contributed by atoms with Crippen LogP contribution in [0.4, 0.5) is 5.69 Å². The molecule has 1 saturated heterocycles. The van der Waals surface area contributed by atoms with E-state index in [9.17, 15) is 4.79 Å². The molecule has 3 fully saturated rings. The molecule has 1 aromatic carbocycles. The number of likely N-dealkylation sites (N-methyl/N-ethyl adjacent to an activating group) is 1. The summed E-state index contributed by atoms with van der Waals surface area (Å²) < 4.78 is 5.59. The highest BCUT2D eigenvalue weighted by molar-refractivity contribution is 5.79. The number of piperazine rings is 1. The Labute approximate surface area is 201 Å². The molecule has 2 saturated carbocycles. The molecule has 1 atom stereocenters. The molecule has 5 heteroatoms. The van der Waals surface area contributed by atoms with Gasteiger partial charge in [-0.25, -0.2) is 0 Å². The van der Waals surface area contributed by atoms with Crippen LogP contribution in [0.5, 0.6) is 5.75 Å². The summed E-state index contributed by atoms with van der Waals surface area (Å²) in [5.74, 6) is 2.43. The van der Waals surface area contributed by atoms with Gasteiger partial charge in [0.2, 0.25) is 5.91 Å². The number of hydrogen-bond donors (Lipinski definition) is 0. The van der Waals surface area contributed by atoms with Crippen molar-refractivity contribution in [3.63, 3.8) is 0 Å². The lowest BCUT2D eigenvalue weighted by Gasteiger charge is -2.41. The lowest BCUT2D eigenvalue weighted by atomic mass is 9.83. The maximum Gasteiger partial charge on any atom is 0.225 e. The van der Waals surface area contributed by atoms with Crippen LogP contribution >= 0.6 is 0 Å². The van der Waals surface area contributed by atoms with Gasteiger partial charge in [0.25, 0.3) is 0 Å². The third-order valence-electron chi connectivity index (χ3n) is 8.45. The number of nitrogens with zero attached hydrogens (tertiary/aromatic N) is 3. The van der Waals surface area contributed by atoms with Crippen LogP contribution in [0, 0.1) is 11.8 Å². The Hall–Kier alpha value is -1.75. The van der Waals surface area contributed by atoms with E-state index in [1.165, 1.54) is 63.5 Å². The average molecular weight is 456 g/mol. The minimum Gasteiger partial charge on any atom is -0.495 e. The summed E-state index contributed by atoms with van der Waals surface area (Å²) in [6.45, 7) is 5.13. The van der Waals surface area contributed by atoms with Crippen LogP contribution in [0.2, 0.25) is 0 Å². The number of hydrogen-bond acceptors (Lipinski definition) is 4. The van der Waals surface area contributed by atoms with Gasteiger partial charge in [0.15, 0.2) is 0 Å². The number of carbonyl (C=O) groups excluding carboxylic acids is 1. The molecule has 1 amide bonds. The molecular formula is C28H45N3O2. The first-order valence-electron chi connectivity index (χ1n) is 13.5. The van der Waals surface area contributed by atoms with E-state index in [0.717, 1.165) is 57.2 Å². The Bertz CT molecular complexity index is 734. The third-order valence-corrected chi connectivity index (χ3v) is 8.45. The molecule has 2 aliphatic carbocycles. The van der Waals surface area contributed by atoms with Crippen LogP contribution in [-0.2, 0) is 4.79 Å². The summed E-state index contributed by atoms with van der Waals surface area (Å²) in [4.78, 5) is 20.6. The molecule has 0 bridgehead atoms. The zero-order valence-corrected chi connectivity index (χ0v) is 21.0. The zero-order valence-electron chi connectivity index (χ0n) is 21.0. The zero-order chi connectivity index (χ0) is 23.0. The molecule has 33 heavy (non-hydrogen) atoms. The molecular weight excluding hydrogens is 410 g/mol. The van der Waals surface area contributed by atoms with Crippen molar-refractivity contribution < 1.29 is 9.53 Å². The first-order chi connectivity index (χ1) is 16.2. The van der Waals surface area contributed by atoms with E-state index in [1.54, 1.807) is 7.11 Å². The number of rotatable bonds is 8. The molecule has 0 spiro atoms. The monoisotopic (exact) mass is 455 g/mol. The number of amides is 1. The highest BCUT2D eigenvalue weighted by atomic mass is 16.5. The van der Waals surface area contributed by atoms with Crippen LogP contribution in [0.25, 0.3) is 0 Å². The van der Waals surface area contributed by atoms with E-state index < -0.39 is 0 Å². The summed E-state index contributed by atoms with van der Waals surface area (Å²) >= 11 is 0. The van der Waals surface area contributed by atoms with Gasteiger partial charge in [0.05, 0.1) is 12.8 Å². The van der Waals surface area contributed by atoms with Gasteiger partial charge < -0.3 is 14.5 Å². The van der Waals surface area contributed by atoms with Gasteiger partial charge in [-0.2, -0.15) is 0 Å². The van der Waals surface area contributed by atoms with E-state index in [-0.39, 0.29) is 5.92 Å². The van der Waals surface area contributed by atoms with Crippen LogP contribution in [-0.4, -0.2) is 68.6 Å². The maximum atomic E-state index is 13.4. The number of ether oxygens (including phenoxy) is 1. The van der Waals surface area contributed by atoms with Crippen LogP contribution in [0.3, 0.4) is 0 Å². The fraction of sp³-hybridized carbons (Fsp3) is 0.750. The smallest absolute Gasteiger partial charge is 0.225 e. The minimum atomic E-state index is 0.264. The topological polar surface area (TPSA) is 36.0 Å². The van der Waals surface area contributed by atoms with Crippen molar-refractivity contribution in [1.82, 2.24) is 9.80 Å². The van der Waals surface area contributed by atoms with Gasteiger partial charge >= 0.3 is 0 Å². The molecule has 0 unspecified atom stereocenters. The van der Waals surface area contributed by atoms with Crippen molar-refractivity contribution in [2.75, 3.05) is 51.8 Å². The first kappa shape index (κ1) is 24.4. The first-order valence-corrected chi connectivity index (χ1v) is 13.5. The highest BCUT2D eigenvalue weighted by Crippen LogP contribution is 2.32. The predicted octanol–water partition coefficient (Wildman–Crippen LogP) is 5.19. The highest BCUT2D eigenvalue weighted by Gasteiger charge is 2.32. The SMILES string of the molecule is COc1ccccc1N1CCN(C[C@@H](CC2CCCCC2)N(C)C(=O)C2CCCCC2)CC1. The van der Waals surface area contributed by atoms with E-state index in [2.05, 4.69) is 33.9 Å². The Kier molecular flexibility index (Phi) is 8.94. The number of para-hydroxylation sites is 2. The van der Waals surface area contributed by atoms with Crippen molar-refractivity contribution in [2.24, 2.45) is 11.8 Å².